The Morgan fingerprint density at radius 3 is 2.74 bits per heavy atom. The zero-order valence-electron chi connectivity index (χ0n) is 10.2. The summed E-state index contributed by atoms with van der Waals surface area (Å²) in [5, 5.41) is 14.0. The Kier molecular flexibility index (Phi) is 3.79. The molecule has 1 aliphatic rings. The molecule has 100 valence electrons. The molecule has 3 N–H and O–H groups in total. The van der Waals surface area contributed by atoms with Crippen LogP contribution < -0.4 is 10.6 Å². The van der Waals surface area contributed by atoms with Crippen LogP contribution in [0.4, 0.5) is 5.69 Å². The third-order valence-corrected chi connectivity index (χ3v) is 2.93. The molecule has 0 unspecified atom stereocenters. The number of para-hydroxylation sites is 1. The minimum atomic E-state index is -0.962. The first-order valence-electron chi connectivity index (χ1n) is 5.96. The second kappa shape index (κ2) is 5.51. The molecule has 19 heavy (non-hydrogen) atoms. The van der Waals surface area contributed by atoms with Crippen LogP contribution in [0.15, 0.2) is 24.3 Å². The Labute approximate surface area is 109 Å². The minimum Gasteiger partial charge on any atom is -0.481 e. The fourth-order valence-corrected chi connectivity index (χ4v) is 1.99. The molecule has 0 aromatic heterocycles. The van der Waals surface area contributed by atoms with Crippen LogP contribution in [0.3, 0.4) is 0 Å². The summed E-state index contributed by atoms with van der Waals surface area (Å²) >= 11 is 0. The molecule has 2 rings (SSSR count). The molecule has 0 bridgehead atoms. The minimum absolute atomic E-state index is 0.140. The van der Waals surface area contributed by atoms with Gasteiger partial charge in [0.15, 0.2) is 0 Å². The van der Waals surface area contributed by atoms with Gasteiger partial charge in [0.05, 0.1) is 6.42 Å². The summed E-state index contributed by atoms with van der Waals surface area (Å²) in [5.41, 5.74) is 1.00. The van der Waals surface area contributed by atoms with Gasteiger partial charge in [0.2, 0.25) is 11.8 Å². The quantitative estimate of drug-likeness (QED) is 0.737. The molecule has 1 heterocycles. The number of benzene rings is 1. The van der Waals surface area contributed by atoms with Crippen LogP contribution in [-0.2, 0) is 20.8 Å². The van der Waals surface area contributed by atoms with E-state index in [2.05, 4.69) is 10.6 Å². The monoisotopic (exact) mass is 262 g/mol. The Balaban J connectivity index is 2.08. The number of aliphatic carboxylic acids is 1. The molecular formula is C13H14N2O4. The van der Waals surface area contributed by atoms with Crippen LogP contribution in [0.1, 0.15) is 18.4 Å². The molecule has 6 heteroatoms. The molecular weight excluding hydrogens is 248 g/mol. The fraction of sp³-hybridized carbons (Fsp3) is 0.308. The summed E-state index contributed by atoms with van der Waals surface area (Å²) < 4.78 is 0. The smallest absolute Gasteiger partial charge is 0.307 e. The van der Waals surface area contributed by atoms with Gasteiger partial charge in [-0.1, -0.05) is 18.2 Å². The number of carboxylic acid groups (broad SMARTS) is 1. The zero-order chi connectivity index (χ0) is 13.8. The van der Waals surface area contributed by atoms with E-state index in [0.717, 1.165) is 0 Å². The molecule has 1 saturated heterocycles. The normalized spacial score (nSPS) is 17.9. The maximum absolute atomic E-state index is 11.9. The van der Waals surface area contributed by atoms with Crippen LogP contribution in [0, 0.1) is 0 Å². The maximum Gasteiger partial charge on any atom is 0.307 e. The maximum atomic E-state index is 11.9. The standard InChI is InChI=1S/C13H14N2O4/c16-11-6-5-10(14-11)13(19)15-9-4-2-1-3-8(9)7-12(17)18/h1-4,10H,5-7H2,(H,14,16)(H,15,19)(H,17,18)/t10-/m1/s1. The van der Waals surface area contributed by atoms with Crippen molar-refractivity contribution in [1.29, 1.82) is 0 Å². The summed E-state index contributed by atoms with van der Waals surface area (Å²) in [5.74, 6) is -1.42. The molecule has 1 fully saturated rings. The van der Waals surface area contributed by atoms with Gasteiger partial charge < -0.3 is 15.7 Å². The van der Waals surface area contributed by atoms with Gasteiger partial charge >= 0.3 is 5.97 Å². The number of carbonyl (C=O) groups is 3. The van der Waals surface area contributed by atoms with E-state index in [1.54, 1.807) is 24.3 Å². The SMILES string of the molecule is O=C(O)Cc1ccccc1NC(=O)[C@H]1CCC(=O)N1. The van der Waals surface area contributed by atoms with E-state index in [4.69, 9.17) is 5.11 Å². The molecule has 0 saturated carbocycles. The molecule has 0 radical (unpaired) electrons. The summed E-state index contributed by atoms with van der Waals surface area (Å²) in [6, 6.07) is 6.19. The molecule has 0 aliphatic carbocycles. The number of anilines is 1. The molecule has 0 spiro atoms. The number of amides is 2. The van der Waals surface area contributed by atoms with Crippen molar-refractivity contribution in [2.75, 3.05) is 5.32 Å². The van der Waals surface area contributed by atoms with Crippen LogP contribution in [0.25, 0.3) is 0 Å². The van der Waals surface area contributed by atoms with Crippen LogP contribution in [0.5, 0.6) is 0 Å². The van der Waals surface area contributed by atoms with Gasteiger partial charge in [-0.05, 0) is 18.1 Å². The Morgan fingerprint density at radius 1 is 1.37 bits per heavy atom. The average molecular weight is 262 g/mol. The van der Waals surface area contributed by atoms with Crippen LogP contribution in [0.2, 0.25) is 0 Å². The molecule has 1 aliphatic heterocycles. The number of carbonyl (C=O) groups excluding carboxylic acids is 2. The average Bonchev–Trinajstić information content (AvgIpc) is 2.78. The van der Waals surface area contributed by atoms with E-state index in [1.807, 2.05) is 0 Å². The van der Waals surface area contributed by atoms with E-state index < -0.39 is 12.0 Å². The molecule has 1 atom stereocenters. The predicted molar refractivity (Wildman–Crippen MR) is 67.6 cm³/mol. The summed E-state index contributed by atoms with van der Waals surface area (Å²) in [4.78, 5) is 33.7. The van der Waals surface area contributed by atoms with Gasteiger partial charge in [-0.15, -0.1) is 0 Å². The van der Waals surface area contributed by atoms with Gasteiger partial charge in [-0.25, -0.2) is 0 Å². The van der Waals surface area contributed by atoms with Crippen molar-refractivity contribution in [3.05, 3.63) is 29.8 Å². The highest BCUT2D eigenvalue weighted by atomic mass is 16.4. The van der Waals surface area contributed by atoms with E-state index >= 15 is 0 Å². The van der Waals surface area contributed by atoms with E-state index in [-0.39, 0.29) is 18.2 Å². The zero-order valence-corrected chi connectivity index (χ0v) is 10.2. The molecule has 1 aromatic rings. The van der Waals surface area contributed by atoms with E-state index in [9.17, 15) is 14.4 Å². The van der Waals surface area contributed by atoms with Crippen molar-refractivity contribution < 1.29 is 19.5 Å². The number of nitrogens with one attached hydrogen (secondary N) is 2. The van der Waals surface area contributed by atoms with E-state index in [0.29, 0.717) is 24.1 Å². The molecule has 2 amide bonds. The Morgan fingerprint density at radius 2 is 2.11 bits per heavy atom. The van der Waals surface area contributed by atoms with Crippen LogP contribution in [-0.4, -0.2) is 28.9 Å². The highest BCUT2D eigenvalue weighted by Crippen LogP contribution is 2.17. The lowest BCUT2D eigenvalue weighted by Gasteiger charge is -2.13. The number of carboxylic acids is 1. The lowest BCUT2D eigenvalue weighted by atomic mass is 10.1. The third-order valence-electron chi connectivity index (χ3n) is 2.93. The van der Waals surface area contributed by atoms with Crippen LogP contribution >= 0.6 is 0 Å². The summed E-state index contributed by atoms with van der Waals surface area (Å²) in [6.07, 6.45) is 0.647. The lowest BCUT2D eigenvalue weighted by Crippen LogP contribution is -2.37. The van der Waals surface area contributed by atoms with Gasteiger partial charge in [0, 0.05) is 12.1 Å². The lowest BCUT2D eigenvalue weighted by molar-refractivity contribution is -0.136. The molecule has 6 nitrogen and oxygen atoms in total. The van der Waals surface area contributed by atoms with Gasteiger partial charge in [-0.3, -0.25) is 14.4 Å². The number of hydrogen-bond acceptors (Lipinski definition) is 3. The highest BCUT2D eigenvalue weighted by molar-refractivity contribution is 5.99. The van der Waals surface area contributed by atoms with Crippen molar-refractivity contribution in [3.63, 3.8) is 0 Å². The summed E-state index contributed by atoms with van der Waals surface area (Å²) in [6.45, 7) is 0. The first-order valence-corrected chi connectivity index (χ1v) is 5.96. The van der Waals surface area contributed by atoms with Gasteiger partial charge in [0.25, 0.3) is 0 Å². The van der Waals surface area contributed by atoms with Crippen molar-refractivity contribution in [2.24, 2.45) is 0 Å². The number of hydrogen-bond donors (Lipinski definition) is 3. The van der Waals surface area contributed by atoms with E-state index in [1.165, 1.54) is 0 Å². The van der Waals surface area contributed by atoms with Crippen molar-refractivity contribution >= 4 is 23.5 Å². The first-order chi connectivity index (χ1) is 9.06. The van der Waals surface area contributed by atoms with Gasteiger partial charge in [-0.2, -0.15) is 0 Å². The Bertz CT molecular complexity index is 527. The second-order valence-electron chi connectivity index (χ2n) is 4.38. The van der Waals surface area contributed by atoms with Gasteiger partial charge in [0.1, 0.15) is 6.04 Å². The molecule has 1 aromatic carbocycles. The van der Waals surface area contributed by atoms with Crippen molar-refractivity contribution in [2.45, 2.75) is 25.3 Å². The third kappa shape index (κ3) is 3.31. The van der Waals surface area contributed by atoms with Crippen molar-refractivity contribution in [3.8, 4) is 0 Å². The fourth-order valence-electron chi connectivity index (χ4n) is 1.99. The topological polar surface area (TPSA) is 95.5 Å². The summed E-state index contributed by atoms with van der Waals surface area (Å²) in [7, 11) is 0. The second-order valence-corrected chi connectivity index (χ2v) is 4.38. The predicted octanol–water partition coefficient (Wildman–Crippen LogP) is 0.531. The highest BCUT2D eigenvalue weighted by Gasteiger charge is 2.27. The number of rotatable bonds is 4. The van der Waals surface area contributed by atoms with Crippen molar-refractivity contribution in [1.82, 2.24) is 5.32 Å². The Hall–Kier alpha value is -2.37. The largest absolute Gasteiger partial charge is 0.481 e. The first kappa shape index (κ1) is 13.1.